The van der Waals surface area contributed by atoms with Crippen LogP contribution >= 0.6 is 23.2 Å². The van der Waals surface area contributed by atoms with Crippen molar-refractivity contribution in [3.05, 3.63) is 70.1 Å². The molecule has 2 aromatic carbocycles. The number of furan rings is 1. The number of nitrogens with one attached hydrogen (secondary N) is 2. The summed E-state index contributed by atoms with van der Waals surface area (Å²) >= 11 is 11.8. The van der Waals surface area contributed by atoms with E-state index >= 15 is 0 Å². The molecule has 0 unspecified atom stereocenters. The van der Waals surface area contributed by atoms with Crippen molar-refractivity contribution in [3.8, 4) is 11.5 Å². The summed E-state index contributed by atoms with van der Waals surface area (Å²) in [5.74, 6) is 0.412. The van der Waals surface area contributed by atoms with E-state index in [4.69, 9.17) is 37.1 Å². The van der Waals surface area contributed by atoms with Gasteiger partial charge in [0.2, 0.25) is 0 Å². The number of nitrogens with zero attached hydrogens (tertiary/aromatic N) is 1. The number of carbonyl (C=O) groups excluding carboxylic acids is 2. The number of carbonyl (C=O) groups is 2. The number of methoxy groups -OCH3 is 2. The Morgan fingerprint density at radius 1 is 1.00 bits per heavy atom. The van der Waals surface area contributed by atoms with E-state index in [9.17, 15) is 9.59 Å². The molecular formula is C22H19Cl2N3O5. The van der Waals surface area contributed by atoms with E-state index in [1.165, 1.54) is 24.4 Å². The van der Waals surface area contributed by atoms with Gasteiger partial charge < -0.3 is 24.5 Å². The fourth-order valence-corrected chi connectivity index (χ4v) is 3.17. The van der Waals surface area contributed by atoms with Crippen LogP contribution < -0.4 is 20.1 Å². The van der Waals surface area contributed by atoms with Crippen LogP contribution in [0.25, 0.3) is 0 Å². The van der Waals surface area contributed by atoms with Crippen LogP contribution in [0.1, 0.15) is 11.5 Å². The highest BCUT2D eigenvalue weighted by Crippen LogP contribution is 2.31. The average Bonchev–Trinajstić information content (AvgIpc) is 3.23. The molecule has 0 saturated carbocycles. The maximum Gasteiger partial charge on any atom is 0.313 e. The molecule has 0 bridgehead atoms. The van der Waals surface area contributed by atoms with E-state index in [1.807, 2.05) is 0 Å². The van der Waals surface area contributed by atoms with Crippen LogP contribution in [0.5, 0.6) is 11.5 Å². The zero-order chi connectivity index (χ0) is 23.1. The normalized spacial score (nSPS) is 10.8. The summed E-state index contributed by atoms with van der Waals surface area (Å²) in [4.78, 5) is 28.4. The lowest BCUT2D eigenvalue weighted by molar-refractivity contribution is -0.136. The Hall–Kier alpha value is -3.49. The Bertz CT molecular complexity index is 1140. The lowest BCUT2D eigenvalue weighted by Crippen LogP contribution is -2.34. The van der Waals surface area contributed by atoms with Crippen molar-refractivity contribution in [2.75, 3.05) is 19.5 Å². The Balaban J connectivity index is 1.56. The highest BCUT2D eigenvalue weighted by molar-refractivity contribution is 6.40. The van der Waals surface area contributed by atoms with Crippen molar-refractivity contribution >= 4 is 52.6 Å². The first-order valence-corrected chi connectivity index (χ1v) is 10.0. The number of halogens is 2. The summed E-state index contributed by atoms with van der Waals surface area (Å²) < 4.78 is 16.1. The van der Waals surface area contributed by atoms with E-state index < -0.39 is 11.8 Å². The molecule has 32 heavy (non-hydrogen) atoms. The standard InChI is InChI=1S/C22H19Cl2N3O5/c1-30-16-5-6-19(20(10-16)31-2)25-11-17-3-4-18(32-17)12-26-21(28)22(29)27-15-8-13(23)7-14(24)9-15/h3-11H,12H2,1-2H3,(H,26,28)(H,27,29). The van der Waals surface area contributed by atoms with Crippen molar-refractivity contribution in [2.24, 2.45) is 4.99 Å². The molecule has 2 amide bonds. The Kier molecular flexibility index (Phi) is 7.75. The third kappa shape index (κ3) is 6.26. The third-order valence-corrected chi connectivity index (χ3v) is 4.59. The van der Waals surface area contributed by atoms with Gasteiger partial charge in [0.1, 0.15) is 28.7 Å². The molecule has 0 atom stereocenters. The lowest BCUT2D eigenvalue weighted by Gasteiger charge is -2.06. The van der Waals surface area contributed by atoms with Crippen LogP contribution in [-0.2, 0) is 16.1 Å². The van der Waals surface area contributed by atoms with E-state index in [1.54, 1.807) is 44.6 Å². The molecule has 3 rings (SSSR count). The number of amides is 2. The van der Waals surface area contributed by atoms with E-state index in [0.29, 0.717) is 44.4 Å². The number of hydrogen-bond donors (Lipinski definition) is 2. The molecule has 0 aliphatic rings. The van der Waals surface area contributed by atoms with E-state index in [-0.39, 0.29) is 6.54 Å². The quantitative estimate of drug-likeness (QED) is 0.383. The third-order valence-electron chi connectivity index (χ3n) is 4.15. The second-order valence-corrected chi connectivity index (χ2v) is 7.27. The Morgan fingerprint density at radius 2 is 1.75 bits per heavy atom. The maximum atomic E-state index is 12.0. The second-order valence-electron chi connectivity index (χ2n) is 6.39. The van der Waals surface area contributed by atoms with Crippen molar-refractivity contribution in [1.29, 1.82) is 0 Å². The van der Waals surface area contributed by atoms with Crippen LogP contribution in [-0.4, -0.2) is 32.2 Å². The molecule has 0 aliphatic carbocycles. The topological polar surface area (TPSA) is 102 Å². The van der Waals surface area contributed by atoms with Crippen molar-refractivity contribution in [2.45, 2.75) is 6.54 Å². The minimum absolute atomic E-state index is 0.0161. The molecule has 0 radical (unpaired) electrons. The van der Waals surface area contributed by atoms with Gasteiger partial charge in [-0.05, 0) is 42.5 Å². The fourth-order valence-electron chi connectivity index (χ4n) is 2.65. The monoisotopic (exact) mass is 475 g/mol. The summed E-state index contributed by atoms with van der Waals surface area (Å²) in [5, 5.41) is 5.58. The van der Waals surface area contributed by atoms with Gasteiger partial charge in [0.15, 0.2) is 0 Å². The summed E-state index contributed by atoms with van der Waals surface area (Å²) in [6.45, 7) is 0.0161. The van der Waals surface area contributed by atoms with Gasteiger partial charge >= 0.3 is 11.8 Å². The highest BCUT2D eigenvalue weighted by atomic mass is 35.5. The van der Waals surface area contributed by atoms with Crippen LogP contribution in [0, 0.1) is 0 Å². The fraction of sp³-hybridized carbons (Fsp3) is 0.136. The molecule has 2 N–H and O–H groups in total. The van der Waals surface area contributed by atoms with Gasteiger partial charge in [-0.1, -0.05) is 23.2 Å². The number of ether oxygens (including phenoxy) is 2. The Morgan fingerprint density at radius 3 is 2.44 bits per heavy atom. The minimum atomic E-state index is -0.858. The number of hydrogen-bond acceptors (Lipinski definition) is 6. The number of benzene rings is 2. The SMILES string of the molecule is COc1ccc(N=Cc2ccc(CNC(=O)C(=O)Nc3cc(Cl)cc(Cl)c3)o2)c(OC)c1. The van der Waals surface area contributed by atoms with Gasteiger partial charge in [0, 0.05) is 21.8 Å². The van der Waals surface area contributed by atoms with E-state index in [2.05, 4.69) is 15.6 Å². The predicted octanol–water partition coefficient (Wildman–Crippen LogP) is 4.61. The lowest BCUT2D eigenvalue weighted by atomic mass is 10.3. The van der Waals surface area contributed by atoms with Crippen LogP contribution in [0.3, 0.4) is 0 Å². The molecule has 0 fully saturated rings. The van der Waals surface area contributed by atoms with Gasteiger partial charge in [-0.25, -0.2) is 4.99 Å². The number of anilines is 1. The van der Waals surface area contributed by atoms with Crippen LogP contribution in [0.15, 0.2) is 57.9 Å². The molecule has 0 aliphatic heterocycles. The summed E-state index contributed by atoms with van der Waals surface area (Å²) in [6.07, 6.45) is 1.52. The molecule has 0 saturated heterocycles. The number of aliphatic imine (C=N–C) groups is 1. The van der Waals surface area contributed by atoms with Crippen molar-refractivity contribution < 1.29 is 23.5 Å². The average molecular weight is 476 g/mol. The first-order valence-electron chi connectivity index (χ1n) is 9.28. The first kappa shape index (κ1) is 23.2. The van der Waals surface area contributed by atoms with Gasteiger partial charge in [-0.3, -0.25) is 9.59 Å². The number of rotatable bonds is 7. The Labute approximate surface area is 194 Å². The van der Waals surface area contributed by atoms with Gasteiger partial charge in [0.05, 0.1) is 27.0 Å². The largest absolute Gasteiger partial charge is 0.497 e. The predicted molar refractivity (Wildman–Crippen MR) is 122 cm³/mol. The molecule has 1 heterocycles. The second kappa shape index (κ2) is 10.7. The zero-order valence-electron chi connectivity index (χ0n) is 17.1. The van der Waals surface area contributed by atoms with Crippen LogP contribution in [0.2, 0.25) is 10.0 Å². The van der Waals surface area contributed by atoms with Crippen molar-refractivity contribution in [3.63, 3.8) is 0 Å². The molecule has 10 heteroatoms. The summed E-state index contributed by atoms with van der Waals surface area (Å²) in [5.41, 5.74) is 0.908. The molecule has 8 nitrogen and oxygen atoms in total. The smallest absolute Gasteiger partial charge is 0.313 e. The highest BCUT2D eigenvalue weighted by Gasteiger charge is 2.15. The summed E-state index contributed by atoms with van der Waals surface area (Å²) in [6, 6.07) is 13.1. The molecule has 166 valence electrons. The van der Waals surface area contributed by atoms with Gasteiger partial charge in [-0.2, -0.15) is 0 Å². The molecular weight excluding hydrogens is 457 g/mol. The van der Waals surface area contributed by atoms with Gasteiger partial charge in [-0.15, -0.1) is 0 Å². The maximum absolute atomic E-state index is 12.0. The molecule has 0 spiro atoms. The molecule has 3 aromatic rings. The molecule has 1 aromatic heterocycles. The first-order chi connectivity index (χ1) is 15.4. The minimum Gasteiger partial charge on any atom is -0.497 e. The van der Waals surface area contributed by atoms with Crippen LogP contribution in [0.4, 0.5) is 11.4 Å². The van der Waals surface area contributed by atoms with Gasteiger partial charge in [0.25, 0.3) is 0 Å². The zero-order valence-corrected chi connectivity index (χ0v) is 18.7. The van der Waals surface area contributed by atoms with E-state index in [0.717, 1.165) is 0 Å². The van der Waals surface area contributed by atoms with Crippen molar-refractivity contribution in [1.82, 2.24) is 5.32 Å². The summed E-state index contributed by atoms with van der Waals surface area (Å²) in [7, 11) is 3.11.